The summed E-state index contributed by atoms with van der Waals surface area (Å²) in [6.45, 7) is 7.01. The van der Waals surface area contributed by atoms with Crippen LogP contribution in [0.25, 0.3) is 0 Å². The number of carbonyl (C=O) groups is 1. The summed E-state index contributed by atoms with van der Waals surface area (Å²) in [5, 5.41) is 4.26. The predicted octanol–water partition coefficient (Wildman–Crippen LogP) is 0.985. The molecule has 2 N–H and O–H groups in total. The van der Waals surface area contributed by atoms with Crippen molar-refractivity contribution in [2.75, 3.05) is 6.54 Å². The number of aromatic nitrogens is 2. The van der Waals surface area contributed by atoms with Crippen LogP contribution in [-0.4, -0.2) is 33.2 Å². The van der Waals surface area contributed by atoms with Gasteiger partial charge in [0.25, 0.3) is 0 Å². The molecule has 1 saturated heterocycles. The third-order valence-electron chi connectivity index (χ3n) is 3.63. The second-order valence-corrected chi connectivity index (χ2v) is 5.56. The van der Waals surface area contributed by atoms with Gasteiger partial charge in [-0.25, -0.2) is 0 Å². The van der Waals surface area contributed by atoms with E-state index < -0.39 is 0 Å². The van der Waals surface area contributed by atoms with Gasteiger partial charge in [-0.05, 0) is 12.8 Å². The van der Waals surface area contributed by atoms with Gasteiger partial charge in [-0.1, -0.05) is 13.8 Å². The van der Waals surface area contributed by atoms with Crippen LogP contribution in [0.1, 0.15) is 37.6 Å². The fourth-order valence-electron chi connectivity index (χ4n) is 2.63. The van der Waals surface area contributed by atoms with Crippen molar-refractivity contribution in [3.05, 3.63) is 17.5 Å². The highest BCUT2D eigenvalue weighted by Gasteiger charge is 2.40. The van der Waals surface area contributed by atoms with Crippen molar-refractivity contribution in [1.82, 2.24) is 14.7 Å². The van der Waals surface area contributed by atoms with E-state index in [-0.39, 0.29) is 18.0 Å². The van der Waals surface area contributed by atoms with E-state index in [1.807, 2.05) is 29.7 Å². The molecule has 2 rings (SSSR count). The maximum absolute atomic E-state index is 12.0. The molecule has 18 heavy (non-hydrogen) atoms. The standard InChI is InChI=1S/C13H22N4O/c1-8(2)7-17-12(18)5-11(14)13(17)10-6-15-16(4)9(10)3/h6,8,11,13H,5,7,14H2,1-4H3. The van der Waals surface area contributed by atoms with Gasteiger partial charge in [-0.15, -0.1) is 0 Å². The Labute approximate surface area is 108 Å². The number of likely N-dealkylation sites (tertiary alicyclic amines) is 1. The van der Waals surface area contributed by atoms with Gasteiger partial charge in [0.05, 0.1) is 12.2 Å². The van der Waals surface area contributed by atoms with Crippen LogP contribution in [0.15, 0.2) is 6.20 Å². The second-order valence-electron chi connectivity index (χ2n) is 5.56. The van der Waals surface area contributed by atoms with Gasteiger partial charge in [0.2, 0.25) is 5.91 Å². The van der Waals surface area contributed by atoms with Gasteiger partial charge >= 0.3 is 0 Å². The molecule has 0 saturated carbocycles. The van der Waals surface area contributed by atoms with Gasteiger partial charge in [0.15, 0.2) is 0 Å². The van der Waals surface area contributed by atoms with Crippen LogP contribution in [0.3, 0.4) is 0 Å². The summed E-state index contributed by atoms with van der Waals surface area (Å²) < 4.78 is 1.83. The molecule has 100 valence electrons. The molecule has 2 atom stereocenters. The smallest absolute Gasteiger partial charge is 0.224 e. The number of hydrogen-bond acceptors (Lipinski definition) is 3. The minimum absolute atomic E-state index is 0.0198. The molecule has 5 heteroatoms. The van der Waals surface area contributed by atoms with E-state index in [0.29, 0.717) is 12.3 Å². The van der Waals surface area contributed by atoms with Crippen LogP contribution in [0.5, 0.6) is 0 Å². The van der Waals surface area contributed by atoms with E-state index in [0.717, 1.165) is 17.8 Å². The number of hydrogen-bond donors (Lipinski definition) is 1. The summed E-state index contributed by atoms with van der Waals surface area (Å²) >= 11 is 0. The van der Waals surface area contributed by atoms with Gasteiger partial charge < -0.3 is 10.6 Å². The van der Waals surface area contributed by atoms with Crippen molar-refractivity contribution < 1.29 is 4.79 Å². The number of nitrogens with two attached hydrogens (primary N) is 1. The van der Waals surface area contributed by atoms with Crippen LogP contribution in [0.2, 0.25) is 0 Å². The van der Waals surface area contributed by atoms with Crippen LogP contribution in [-0.2, 0) is 11.8 Å². The predicted molar refractivity (Wildman–Crippen MR) is 69.8 cm³/mol. The third kappa shape index (κ3) is 2.14. The number of aryl methyl sites for hydroxylation is 1. The molecular weight excluding hydrogens is 228 g/mol. The van der Waals surface area contributed by atoms with Crippen LogP contribution < -0.4 is 5.73 Å². The normalized spacial score (nSPS) is 24.3. The highest BCUT2D eigenvalue weighted by Crippen LogP contribution is 2.34. The Kier molecular flexibility index (Phi) is 3.43. The van der Waals surface area contributed by atoms with Crippen LogP contribution >= 0.6 is 0 Å². The first-order valence-electron chi connectivity index (χ1n) is 6.45. The second kappa shape index (κ2) is 4.72. The molecule has 1 aromatic rings. The Balaban J connectivity index is 2.33. The zero-order chi connectivity index (χ0) is 13.4. The summed E-state index contributed by atoms with van der Waals surface area (Å²) in [6.07, 6.45) is 2.28. The summed E-state index contributed by atoms with van der Waals surface area (Å²) in [7, 11) is 1.91. The van der Waals surface area contributed by atoms with E-state index in [1.165, 1.54) is 0 Å². The SMILES string of the molecule is Cc1c(C2C(N)CC(=O)N2CC(C)C)cnn1C. The molecule has 2 heterocycles. The molecule has 0 aliphatic carbocycles. The molecule has 2 unspecified atom stereocenters. The Bertz CT molecular complexity index is 452. The van der Waals surface area contributed by atoms with Crippen molar-refractivity contribution in [3.8, 4) is 0 Å². The van der Waals surface area contributed by atoms with Crippen molar-refractivity contribution in [2.24, 2.45) is 18.7 Å². The minimum Gasteiger partial charge on any atom is -0.334 e. The molecular formula is C13H22N4O. The lowest BCUT2D eigenvalue weighted by molar-refractivity contribution is -0.129. The van der Waals surface area contributed by atoms with Gasteiger partial charge in [0, 0.05) is 37.3 Å². The molecule has 0 spiro atoms. The summed E-state index contributed by atoms with van der Waals surface area (Å²) in [4.78, 5) is 14.0. The van der Waals surface area contributed by atoms with E-state index in [9.17, 15) is 4.79 Å². The van der Waals surface area contributed by atoms with Crippen molar-refractivity contribution in [3.63, 3.8) is 0 Å². The maximum Gasteiger partial charge on any atom is 0.224 e. The van der Waals surface area contributed by atoms with Crippen LogP contribution in [0, 0.1) is 12.8 Å². The highest BCUT2D eigenvalue weighted by atomic mass is 16.2. The topological polar surface area (TPSA) is 64.2 Å². The zero-order valence-corrected chi connectivity index (χ0v) is 11.6. The first-order chi connectivity index (χ1) is 8.41. The number of rotatable bonds is 3. The molecule has 5 nitrogen and oxygen atoms in total. The van der Waals surface area contributed by atoms with E-state index in [2.05, 4.69) is 18.9 Å². The van der Waals surface area contributed by atoms with Crippen molar-refractivity contribution >= 4 is 5.91 Å². The molecule has 1 aliphatic rings. The lowest BCUT2D eigenvalue weighted by Crippen LogP contribution is -2.35. The number of carbonyl (C=O) groups excluding carboxylic acids is 1. The average molecular weight is 250 g/mol. The zero-order valence-electron chi connectivity index (χ0n) is 11.6. The monoisotopic (exact) mass is 250 g/mol. The van der Waals surface area contributed by atoms with Gasteiger partial charge in [-0.3, -0.25) is 9.48 Å². The van der Waals surface area contributed by atoms with E-state index in [4.69, 9.17) is 5.73 Å². The Hall–Kier alpha value is -1.36. The first kappa shape index (κ1) is 13.1. The molecule has 0 radical (unpaired) electrons. The Morgan fingerprint density at radius 2 is 2.22 bits per heavy atom. The molecule has 1 aromatic heterocycles. The first-order valence-corrected chi connectivity index (χ1v) is 6.45. The minimum atomic E-state index is -0.126. The number of nitrogens with zero attached hydrogens (tertiary/aromatic N) is 3. The molecule has 1 fully saturated rings. The quantitative estimate of drug-likeness (QED) is 0.870. The van der Waals surface area contributed by atoms with Gasteiger partial charge in [0.1, 0.15) is 0 Å². The summed E-state index contributed by atoms with van der Waals surface area (Å²) in [6, 6.07) is -0.146. The van der Waals surface area contributed by atoms with E-state index in [1.54, 1.807) is 0 Å². The van der Waals surface area contributed by atoms with E-state index >= 15 is 0 Å². The molecule has 0 bridgehead atoms. The Morgan fingerprint density at radius 1 is 1.56 bits per heavy atom. The van der Waals surface area contributed by atoms with Crippen LogP contribution in [0.4, 0.5) is 0 Å². The summed E-state index contributed by atoms with van der Waals surface area (Å²) in [5.74, 6) is 0.600. The molecule has 0 aromatic carbocycles. The third-order valence-corrected chi connectivity index (χ3v) is 3.63. The number of amides is 1. The Morgan fingerprint density at radius 3 is 2.72 bits per heavy atom. The fraction of sp³-hybridized carbons (Fsp3) is 0.692. The lowest BCUT2D eigenvalue weighted by Gasteiger charge is -2.28. The van der Waals surface area contributed by atoms with Gasteiger partial charge in [-0.2, -0.15) is 5.10 Å². The largest absolute Gasteiger partial charge is 0.334 e. The van der Waals surface area contributed by atoms with Crippen molar-refractivity contribution in [2.45, 2.75) is 39.3 Å². The average Bonchev–Trinajstić information content (AvgIpc) is 2.71. The molecule has 1 aliphatic heterocycles. The van der Waals surface area contributed by atoms with Crippen molar-refractivity contribution in [1.29, 1.82) is 0 Å². The summed E-state index contributed by atoms with van der Waals surface area (Å²) in [5.41, 5.74) is 8.31. The fourth-order valence-corrected chi connectivity index (χ4v) is 2.63. The lowest BCUT2D eigenvalue weighted by atomic mass is 10.0. The molecule has 1 amide bonds. The highest BCUT2D eigenvalue weighted by molar-refractivity contribution is 5.80. The maximum atomic E-state index is 12.0.